The highest BCUT2D eigenvalue weighted by Gasteiger charge is 2.39. The van der Waals surface area contributed by atoms with Crippen LogP contribution >= 0.6 is 11.6 Å². The molecule has 1 atom stereocenters. The van der Waals surface area contributed by atoms with E-state index in [1.54, 1.807) is 0 Å². The minimum atomic E-state index is -1.91. The fraction of sp³-hybridized carbons (Fsp3) is 0.419. The van der Waals surface area contributed by atoms with Gasteiger partial charge in [0.1, 0.15) is 18.1 Å². The molecule has 0 fully saturated rings. The summed E-state index contributed by atoms with van der Waals surface area (Å²) in [5.41, 5.74) is 6.34. The van der Waals surface area contributed by atoms with Gasteiger partial charge in [-0.1, -0.05) is 88.7 Å². The molecule has 0 spiro atoms. The van der Waals surface area contributed by atoms with E-state index in [1.807, 2.05) is 12.1 Å². The van der Waals surface area contributed by atoms with E-state index in [1.165, 1.54) is 27.8 Å². The number of benzene rings is 3. The maximum absolute atomic E-state index is 6.92. The van der Waals surface area contributed by atoms with E-state index in [4.69, 9.17) is 20.8 Å². The third-order valence-electron chi connectivity index (χ3n) is 7.71. The lowest BCUT2D eigenvalue weighted by Gasteiger charge is -2.36. The minimum absolute atomic E-state index is 0.151. The summed E-state index contributed by atoms with van der Waals surface area (Å²) in [4.78, 5) is 0. The van der Waals surface area contributed by atoms with Crippen molar-refractivity contribution < 1.29 is 9.16 Å². The first-order valence-electron chi connectivity index (χ1n) is 12.8. The second-order valence-electron chi connectivity index (χ2n) is 11.7. The number of aryl methyl sites for hydroxylation is 1. The second kappa shape index (κ2) is 10.0. The molecule has 1 aliphatic rings. The monoisotopic (exact) mass is 506 g/mol. The van der Waals surface area contributed by atoms with Crippen molar-refractivity contribution in [1.82, 2.24) is 0 Å². The fourth-order valence-corrected chi connectivity index (χ4v) is 6.00. The molecule has 2 nitrogen and oxygen atoms in total. The summed E-state index contributed by atoms with van der Waals surface area (Å²) in [5.74, 6) is 2.57. The molecule has 0 aliphatic heterocycles. The normalized spacial score (nSPS) is 15.9. The quantitative estimate of drug-likeness (QED) is 0.297. The zero-order chi connectivity index (χ0) is 25.4. The highest BCUT2D eigenvalue weighted by molar-refractivity contribution is 6.74. The number of hydrogen-bond acceptors (Lipinski definition) is 2. The molecule has 0 amide bonds. The number of fused-ring (bicyclic) bond motifs is 1. The van der Waals surface area contributed by atoms with Crippen molar-refractivity contribution >= 4 is 19.9 Å². The highest BCUT2D eigenvalue weighted by Crippen LogP contribution is 2.46. The first kappa shape index (κ1) is 25.8. The summed E-state index contributed by atoms with van der Waals surface area (Å²) in [7, 11) is -1.91. The van der Waals surface area contributed by atoms with Gasteiger partial charge in [0.25, 0.3) is 0 Å². The molecule has 0 N–H and O–H groups in total. The van der Waals surface area contributed by atoms with Gasteiger partial charge in [0.2, 0.25) is 8.32 Å². The van der Waals surface area contributed by atoms with Gasteiger partial charge >= 0.3 is 0 Å². The van der Waals surface area contributed by atoms with Crippen LogP contribution in [0.3, 0.4) is 0 Å². The van der Waals surface area contributed by atoms with Gasteiger partial charge in [0, 0.05) is 10.9 Å². The maximum atomic E-state index is 6.92. The van der Waals surface area contributed by atoms with E-state index < -0.39 is 8.32 Å². The van der Waals surface area contributed by atoms with Gasteiger partial charge in [0.05, 0.1) is 0 Å². The molecule has 4 heteroatoms. The van der Waals surface area contributed by atoms with Crippen LogP contribution in [0.5, 0.6) is 11.5 Å². The molecule has 0 saturated heterocycles. The largest absolute Gasteiger partial charge is 0.543 e. The maximum Gasteiger partial charge on any atom is 0.250 e. The van der Waals surface area contributed by atoms with Crippen LogP contribution in [0.4, 0.5) is 0 Å². The first-order chi connectivity index (χ1) is 16.5. The Kier molecular flexibility index (Phi) is 7.40. The van der Waals surface area contributed by atoms with E-state index in [0.29, 0.717) is 18.4 Å². The molecule has 0 saturated carbocycles. The Morgan fingerprint density at radius 1 is 1.00 bits per heavy atom. The van der Waals surface area contributed by atoms with Gasteiger partial charge in [-0.25, -0.2) is 0 Å². The molecule has 1 aliphatic carbocycles. The van der Waals surface area contributed by atoms with E-state index in [-0.39, 0.29) is 5.04 Å². The van der Waals surface area contributed by atoms with Crippen molar-refractivity contribution in [2.75, 3.05) is 0 Å². The smallest absolute Gasteiger partial charge is 0.250 e. The van der Waals surface area contributed by atoms with Crippen molar-refractivity contribution in [3.05, 3.63) is 93.5 Å². The third kappa shape index (κ3) is 5.62. The van der Waals surface area contributed by atoms with Crippen molar-refractivity contribution in [3.8, 4) is 11.5 Å². The standard InChI is InChI=1S/C31H39ClO2Si/c1-21(2)27-18-23(14-16-29(27)33-20-22-11-9-8-10-12-22)26-15-13-24-17-25(19-28(32)30(24)26)34-35(6,7)31(3,4)5/h8-12,14,16-19,21,26H,13,15,20H2,1-7H3. The molecular weight excluding hydrogens is 468 g/mol. The molecule has 3 aromatic carbocycles. The SMILES string of the molecule is CC(C)c1cc(C2CCc3cc(O[Si](C)(C)C(C)(C)C)cc(Cl)c32)ccc1OCc1ccccc1. The summed E-state index contributed by atoms with van der Waals surface area (Å²) < 4.78 is 12.8. The van der Waals surface area contributed by atoms with Crippen molar-refractivity contribution in [2.45, 2.75) is 84.0 Å². The fourth-order valence-electron chi connectivity index (χ4n) is 4.63. The molecule has 0 aromatic heterocycles. The Labute approximate surface area is 217 Å². The third-order valence-corrected chi connectivity index (χ3v) is 12.4. The predicted molar refractivity (Wildman–Crippen MR) is 151 cm³/mol. The number of hydrogen-bond donors (Lipinski definition) is 0. The van der Waals surface area contributed by atoms with Crippen molar-refractivity contribution in [2.24, 2.45) is 0 Å². The van der Waals surface area contributed by atoms with Crippen LogP contribution < -0.4 is 9.16 Å². The Morgan fingerprint density at radius 2 is 1.71 bits per heavy atom. The van der Waals surface area contributed by atoms with Crippen molar-refractivity contribution in [3.63, 3.8) is 0 Å². The van der Waals surface area contributed by atoms with E-state index in [9.17, 15) is 0 Å². The number of ether oxygens (including phenoxy) is 1. The Bertz CT molecular complexity index is 1180. The molecule has 186 valence electrons. The lowest BCUT2D eigenvalue weighted by atomic mass is 9.89. The van der Waals surface area contributed by atoms with Gasteiger partial charge in [-0.2, -0.15) is 0 Å². The Hall–Kier alpha value is -2.23. The molecule has 0 bridgehead atoms. The molecule has 0 radical (unpaired) electrons. The van der Waals surface area contributed by atoms with Crippen LogP contribution in [0, 0.1) is 0 Å². The number of halogens is 1. The summed E-state index contributed by atoms with van der Waals surface area (Å²) in [5, 5.41) is 0.979. The lowest BCUT2D eigenvalue weighted by Crippen LogP contribution is -2.43. The van der Waals surface area contributed by atoms with E-state index in [2.05, 4.69) is 96.2 Å². The van der Waals surface area contributed by atoms with Gasteiger partial charge in [-0.05, 0) is 82.9 Å². The molecule has 1 unspecified atom stereocenters. The van der Waals surface area contributed by atoms with Crippen LogP contribution in [0.2, 0.25) is 23.2 Å². The van der Waals surface area contributed by atoms with Crippen LogP contribution in [0.25, 0.3) is 0 Å². The Balaban J connectivity index is 1.59. The molecule has 35 heavy (non-hydrogen) atoms. The van der Waals surface area contributed by atoms with E-state index >= 15 is 0 Å². The van der Waals surface area contributed by atoms with Crippen LogP contribution in [-0.4, -0.2) is 8.32 Å². The second-order valence-corrected chi connectivity index (χ2v) is 16.8. The highest BCUT2D eigenvalue weighted by atomic mass is 35.5. The van der Waals surface area contributed by atoms with E-state index in [0.717, 1.165) is 29.4 Å². The van der Waals surface area contributed by atoms with Gasteiger partial charge in [-0.3, -0.25) is 0 Å². The first-order valence-corrected chi connectivity index (χ1v) is 16.1. The average Bonchev–Trinajstić information content (AvgIpc) is 3.21. The summed E-state index contributed by atoms with van der Waals surface area (Å²) >= 11 is 6.92. The minimum Gasteiger partial charge on any atom is -0.543 e. The molecule has 0 heterocycles. The van der Waals surface area contributed by atoms with Crippen molar-refractivity contribution in [1.29, 1.82) is 0 Å². The topological polar surface area (TPSA) is 18.5 Å². The molecule has 3 aromatic rings. The summed E-state index contributed by atoms with van der Waals surface area (Å²) in [6.07, 6.45) is 2.10. The Morgan fingerprint density at radius 3 is 2.37 bits per heavy atom. The average molecular weight is 507 g/mol. The predicted octanol–water partition coefficient (Wildman–Crippen LogP) is 9.50. The molecule has 4 rings (SSSR count). The zero-order valence-corrected chi connectivity index (χ0v) is 24.0. The lowest BCUT2D eigenvalue weighted by molar-refractivity contribution is 0.301. The summed E-state index contributed by atoms with van der Waals surface area (Å²) in [6, 6.07) is 21.3. The number of rotatable bonds is 7. The summed E-state index contributed by atoms with van der Waals surface area (Å²) in [6.45, 7) is 16.4. The zero-order valence-electron chi connectivity index (χ0n) is 22.2. The molecular formula is C31H39ClO2Si. The van der Waals surface area contributed by atoms with Gasteiger partial charge < -0.3 is 9.16 Å². The van der Waals surface area contributed by atoms with Crippen LogP contribution in [0.1, 0.15) is 80.7 Å². The van der Waals surface area contributed by atoms with Gasteiger partial charge in [0.15, 0.2) is 0 Å². The van der Waals surface area contributed by atoms with Gasteiger partial charge in [-0.15, -0.1) is 0 Å². The van der Waals surface area contributed by atoms with Crippen LogP contribution in [-0.2, 0) is 13.0 Å². The van der Waals surface area contributed by atoms with Crippen LogP contribution in [0.15, 0.2) is 60.7 Å².